The SMILES string of the molecule is C=C(C(=O)OCC)[C@@H](Nc1ccccc1)c1cccc(Cl)c1. The lowest BCUT2D eigenvalue weighted by Gasteiger charge is -2.22. The Balaban J connectivity index is 2.32. The van der Waals surface area contributed by atoms with Gasteiger partial charge in [0.2, 0.25) is 0 Å². The molecule has 0 bridgehead atoms. The molecular weight excluding hydrogens is 298 g/mol. The van der Waals surface area contributed by atoms with Crippen LogP contribution in [0.15, 0.2) is 66.7 Å². The third-order valence-corrected chi connectivity index (χ3v) is 3.39. The minimum Gasteiger partial charge on any atom is -0.463 e. The van der Waals surface area contributed by atoms with Crippen LogP contribution in [0.3, 0.4) is 0 Å². The van der Waals surface area contributed by atoms with E-state index in [4.69, 9.17) is 16.3 Å². The first-order valence-electron chi connectivity index (χ1n) is 7.04. The standard InChI is InChI=1S/C18H18ClNO2/c1-3-22-18(21)13(2)17(14-8-7-9-15(19)12-14)20-16-10-5-4-6-11-16/h4-12,17,20H,2-3H2,1H3/t17-/m1/s1. The molecule has 0 amide bonds. The number of carbonyl (C=O) groups is 1. The number of hydrogen-bond acceptors (Lipinski definition) is 3. The van der Waals surface area contributed by atoms with Gasteiger partial charge in [-0.15, -0.1) is 0 Å². The van der Waals surface area contributed by atoms with Crippen molar-refractivity contribution in [1.82, 2.24) is 0 Å². The van der Waals surface area contributed by atoms with Gasteiger partial charge in [-0.1, -0.05) is 48.5 Å². The molecule has 114 valence electrons. The molecule has 0 radical (unpaired) electrons. The van der Waals surface area contributed by atoms with Gasteiger partial charge in [0.05, 0.1) is 18.2 Å². The fourth-order valence-corrected chi connectivity index (χ4v) is 2.30. The monoisotopic (exact) mass is 315 g/mol. The molecule has 0 saturated heterocycles. The van der Waals surface area contributed by atoms with E-state index in [1.54, 1.807) is 13.0 Å². The second-order valence-electron chi connectivity index (χ2n) is 4.74. The second kappa shape index (κ2) is 7.66. The van der Waals surface area contributed by atoms with Crippen LogP contribution in [-0.2, 0) is 9.53 Å². The molecule has 0 unspecified atom stereocenters. The number of para-hydroxylation sites is 1. The predicted molar refractivity (Wildman–Crippen MR) is 90.0 cm³/mol. The van der Waals surface area contributed by atoms with Gasteiger partial charge in [-0.3, -0.25) is 0 Å². The number of rotatable bonds is 6. The molecule has 0 aliphatic carbocycles. The molecule has 0 spiro atoms. The molecule has 22 heavy (non-hydrogen) atoms. The Bertz CT molecular complexity index is 655. The topological polar surface area (TPSA) is 38.3 Å². The van der Waals surface area contributed by atoms with Gasteiger partial charge in [0, 0.05) is 10.7 Å². The molecule has 0 fully saturated rings. The number of ether oxygens (including phenoxy) is 1. The highest BCUT2D eigenvalue weighted by atomic mass is 35.5. The van der Waals surface area contributed by atoms with Crippen molar-refractivity contribution in [3.8, 4) is 0 Å². The summed E-state index contributed by atoms with van der Waals surface area (Å²) in [5.41, 5.74) is 2.08. The summed E-state index contributed by atoms with van der Waals surface area (Å²) in [6.45, 7) is 5.97. The number of hydrogen-bond donors (Lipinski definition) is 1. The summed E-state index contributed by atoms with van der Waals surface area (Å²) in [5.74, 6) is -0.420. The lowest BCUT2D eigenvalue weighted by atomic mass is 9.99. The number of nitrogens with one attached hydrogen (secondary N) is 1. The van der Waals surface area contributed by atoms with Gasteiger partial charge in [-0.25, -0.2) is 4.79 Å². The van der Waals surface area contributed by atoms with E-state index >= 15 is 0 Å². The Labute approximate surface area is 135 Å². The van der Waals surface area contributed by atoms with Crippen LogP contribution in [0.1, 0.15) is 18.5 Å². The Morgan fingerprint density at radius 3 is 2.59 bits per heavy atom. The second-order valence-corrected chi connectivity index (χ2v) is 5.18. The van der Waals surface area contributed by atoms with Crippen LogP contribution >= 0.6 is 11.6 Å². The summed E-state index contributed by atoms with van der Waals surface area (Å²) in [5, 5.41) is 3.91. The van der Waals surface area contributed by atoms with Crippen LogP contribution in [-0.4, -0.2) is 12.6 Å². The molecule has 4 heteroatoms. The summed E-state index contributed by atoms with van der Waals surface area (Å²) in [4.78, 5) is 12.0. The van der Waals surface area contributed by atoms with Crippen LogP contribution in [0.25, 0.3) is 0 Å². The molecule has 0 aromatic heterocycles. The minimum absolute atomic E-state index is 0.311. The van der Waals surface area contributed by atoms with E-state index in [0.29, 0.717) is 17.2 Å². The third-order valence-electron chi connectivity index (χ3n) is 3.15. The van der Waals surface area contributed by atoms with Gasteiger partial charge in [-0.05, 0) is 36.8 Å². The highest BCUT2D eigenvalue weighted by Gasteiger charge is 2.22. The molecule has 0 heterocycles. The molecule has 1 atom stereocenters. The average molecular weight is 316 g/mol. The average Bonchev–Trinajstić information content (AvgIpc) is 2.53. The van der Waals surface area contributed by atoms with E-state index in [1.807, 2.05) is 48.5 Å². The normalized spacial score (nSPS) is 11.5. The first-order valence-corrected chi connectivity index (χ1v) is 7.42. The van der Waals surface area contributed by atoms with Crippen molar-refractivity contribution in [2.24, 2.45) is 0 Å². The van der Waals surface area contributed by atoms with Crippen molar-refractivity contribution in [1.29, 1.82) is 0 Å². The zero-order valence-corrected chi connectivity index (χ0v) is 13.1. The third kappa shape index (κ3) is 4.12. The van der Waals surface area contributed by atoms with Crippen molar-refractivity contribution >= 4 is 23.3 Å². The molecule has 2 aromatic rings. The summed E-state index contributed by atoms with van der Waals surface area (Å²) >= 11 is 6.06. The minimum atomic E-state index is -0.420. The van der Waals surface area contributed by atoms with Gasteiger partial charge < -0.3 is 10.1 Å². The number of benzene rings is 2. The van der Waals surface area contributed by atoms with E-state index in [1.165, 1.54) is 0 Å². The zero-order chi connectivity index (χ0) is 15.9. The summed E-state index contributed by atoms with van der Waals surface area (Å²) in [6, 6.07) is 16.6. The molecule has 2 rings (SSSR count). The van der Waals surface area contributed by atoms with Crippen molar-refractivity contribution in [2.75, 3.05) is 11.9 Å². The van der Waals surface area contributed by atoms with Crippen molar-refractivity contribution in [3.63, 3.8) is 0 Å². The van der Waals surface area contributed by atoms with Gasteiger partial charge in [0.15, 0.2) is 0 Å². The Morgan fingerprint density at radius 2 is 1.95 bits per heavy atom. The molecule has 3 nitrogen and oxygen atoms in total. The molecular formula is C18H18ClNO2. The number of halogens is 1. The van der Waals surface area contributed by atoms with Gasteiger partial charge in [0.1, 0.15) is 0 Å². The van der Waals surface area contributed by atoms with Crippen LogP contribution in [0.4, 0.5) is 5.69 Å². The van der Waals surface area contributed by atoms with Crippen LogP contribution in [0.2, 0.25) is 5.02 Å². The fourth-order valence-electron chi connectivity index (χ4n) is 2.10. The Morgan fingerprint density at radius 1 is 1.23 bits per heavy atom. The lowest BCUT2D eigenvalue weighted by molar-refractivity contribution is -0.138. The van der Waals surface area contributed by atoms with Gasteiger partial charge >= 0.3 is 5.97 Å². The summed E-state index contributed by atoms with van der Waals surface area (Å²) < 4.78 is 5.06. The maximum absolute atomic E-state index is 12.0. The largest absolute Gasteiger partial charge is 0.463 e. The highest BCUT2D eigenvalue weighted by molar-refractivity contribution is 6.30. The molecule has 1 N–H and O–H groups in total. The number of esters is 1. The lowest BCUT2D eigenvalue weighted by Crippen LogP contribution is -2.20. The smallest absolute Gasteiger partial charge is 0.335 e. The summed E-state index contributed by atoms with van der Waals surface area (Å²) in [6.07, 6.45) is 0. The highest BCUT2D eigenvalue weighted by Crippen LogP contribution is 2.28. The van der Waals surface area contributed by atoms with Crippen molar-refractivity contribution in [3.05, 3.63) is 77.3 Å². The fraction of sp³-hybridized carbons (Fsp3) is 0.167. The molecule has 0 aliphatic rings. The van der Waals surface area contributed by atoms with Crippen molar-refractivity contribution in [2.45, 2.75) is 13.0 Å². The van der Waals surface area contributed by atoms with Crippen LogP contribution in [0.5, 0.6) is 0 Å². The van der Waals surface area contributed by atoms with Crippen LogP contribution < -0.4 is 5.32 Å². The number of anilines is 1. The predicted octanol–water partition coefficient (Wildman–Crippen LogP) is 4.61. The van der Waals surface area contributed by atoms with E-state index in [-0.39, 0.29) is 0 Å². The Hall–Kier alpha value is -2.26. The maximum Gasteiger partial charge on any atom is 0.335 e. The van der Waals surface area contributed by atoms with Gasteiger partial charge in [0.25, 0.3) is 0 Å². The maximum atomic E-state index is 12.0. The van der Waals surface area contributed by atoms with E-state index in [9.17, 15) is 4.79 Å². The van der Waals surface area contributed by atoms with Crippen LogP contribution in [0, 0.1) is 0 Å². The summed E-state index contributed by atoms with van der Waals surface area (Å²) in [7, 11) is 0. The first-order chi connectivity index (χ1) is 10.6. The van der Waals surface area contributed by atoms with Crippen molar-refractivity contribution < 1.29 is 9.53 Å². The zero-order valence-electron chi connectivity index (χ0n) is 12.4. The first kappa shape index (κ1) is 16.1. The molecule has 0 aliphatic heterocycles. The Kier molecular flexibility index (Phi) is 5.61. The number of carbonyl (C=O) groups excluding carboxylic acids is 1. The van der Waals surface area contributed by atoms with E-state index in [0.717, 1.165) is 11.3 Å². The van der Waals surface area contributed by atoms with E-state index in [2.05, 4.69) is 11.9 Å². The van der Waals surface area contributed by atoms with E-state index < -0.39 is 12.0 Å². The van der Waals surface area contributed by atoms with Gasteiger partial charge in [-0.2, -0.15) is 0 Å². The molecule has 2 aromatic carbocycles. The molecule has 0 saturated carbocycles. The quantitative estimate of drug-likeness (QED) is 0.625.